The van der Waals surface area contributed by atoms with Crippen molar-refractivity contribution in [1.29, 1.82) is 10.5 Å². The second kappa shape index (κ2) is 10.8. The summed E-state index contributed by atoms with van der Waals surface area (Å²) in [4.78, 5) is 12.6. The molecule has 1 aromatic heterocycles. The third-order valence-corrected chi connectivity index (χ3v) is 6.86. The van der Waals surface area contributed by atoms with Gasteiger partial charge in [-0.1, -0.05) is 6.92 Å². The topological polar surface area (TPSA) is 119 Å². The number of carbonyl (C=O) groups excluding carboxylic acids is 1. The first-order chi connectivity index (χ1) is 15.1. The van der Waals surface area contributed by atoms with E-state index in [0.29, 0.717) is 6.42 Å². The predicted molar refractivity (Wildman–Crippen MR) is 113 cm³/mol. The molecule has 0 spiro atoms. The Hall–Kier alpha value is -3.28. The molecule has 32 heavy (non-hydrogen) atoms. The number of nitriles is 2. The van der Waals surface area contributed by atoms with Crippen molar-refractivity contribution in [2.45, 2.75) is 50.6 Å². The summed E-state index contributed by atoms with van der Waals surface area (Å²) in [7, 11) is -4.04. The van der Waals surface area contributed by atoms with E-state index in [1.807, 2.05) is 19.1 Å². The monoisotopic (exact) mass is 463 g/mol. The maximum atomic E-state index is 13.5. The number of anilines is 1. The number of rotatable bonds is 10. The van der Waals surface area contributed by atoms with Gasteiger partial charge in [0.15, 0.2) is 11.6 Å². The third kappa shape index (κ3) is 5.69. The first-order valence-electron chi connectivity index (χ1n) is 9.88. The Kier molecular flexibility index (Phi) is 8.47. The largest absolute Gasteiger partial charge is 0.341 e. The van der Waals surface area contributed by atoms with Crippen LogP contribution in [0.2, 0.25) is 0 Å². The summed E-state index contributed by atoms with van der Waals surface area (Å²) in [5.74, 6) is -2.97. The van der Waals surface area contributed by atoms with E-state index < -0.39 is 27.6 Å². The van der Waals surface area contributed by atoms with Crippen LogP contribution in [0.3, 0.4) is 0 Å². The van der Waals surface area contributed by atoms with Crippen LogP contribution >= 0.6 is 0 Å². The van der Waals surface area contributed by atoms with Crippen molar-refractivity contribution >= 4 is 21.6 Å². The van der Waals surface area contributed by atoms with Crippen molar-refractivity contribution < 1.29 is 22.0 Å². The van der Waals surface area contributed by atoms with E-state index in [1.54, 1.807) is 6.92 Å². The summed E-state index contributed by atoms with van der Waals surface area (Å²) in [6, 6.07) is 7.48. The lowest BCUT2D eigenvalue weighted by Crippen LogP contribution is -2.38. The van der Waals surface area contributed by atoms with E-state index in [1.165, 1.54) is 27.2 Å². The number of benzene rings is 1. The van der Waals surface area contributed by atoms with Gasteiger partial charge in [0.25, 0.3) is 5.91 Å². The van der Waals surface area contributed by atoms with Crippen LogP contribution in [0, 0.1) is 34.3 Å². The quantitative estimate of drug-likeness (QED) is 0.577. The summed E-state index contributed by atoms with van der Waals surface area (Å²) >= 11 is 0. The molecule has 170 valence electrons. The number of nitrogens with zero attached hydrogens (tertiary/aromatic N) is 4. The van der Waals surface area contributed by atoms with Crippen LogP contribution in [0.4, 0.5) is 14.5 Å². The van der Waals surface area contributed by atoms with Gasteiger partial charge in [-0.2, -0.15) is 14.8 Å². The Labute approximate surface area is 185 Å². The number of hydrogen-bond acceptors (Lipinski definition) is 5. The van der Waals surface area contributed by atoms with Crippen molar-refractivity contribution in [2.75, 3.05) is 11.9 Å². The number of sulfonamides is 1. The van der Waals surface area contributed by atoms with Crippen LogP contribution in [-0.4, -0.2) is 35.8 Å². The second-order valence-corrected chi connectivity index (χ2v) is 8.92. The molecule has 0 bridgehead atoms. The molecule has 2 rings (SSSR count). The Morgan fingerprint density at radius 3 is 2.47 bits per heavy atom. The van der Waals surface area contributed by atoms with Crippen molar-refractivity contribution in [3.05, 3.63) is 47.8 Å². The zero-order chi connectivity index (χ0) is 23.9. The first kappa shape index (κ1) is 25.0. The maximum absolute atomic E-state index is 13.5. The summed E-state index contributed by atoms with van der Waals surface area (Å²) in [5.41, 5.74) is -0.0745. The highest BCUT2D eigenvalue weighted by Crippen LogP contribution is 2.24. The highest BCUT2D eigenvalue weighted by atomic mass is 32.2. The van der Waals surface area contributed by atoms with Gasteiger partial charge in [-0.15, -0.1) is 0 Å². The van der Waals surface area contributed by atoms with E-state index in [9.17, 15) is 22.0 Å². The van der Waals surface area contributed by atoms with Gasteiger partial charge in [-0.3, -0.25) is 4.79 Å². The number of nitrogens with one attached hydrogen (secondary N) is 1. The number of carbonyl (C=O) groups is 1. The number of aryl methyl sites for hydroxylation is 1. The first-order valence-corrected chi connectivity index (χ1v) is 11.3. The summed E-state index contributed by atoms with van der Waals surface area (Å²) in [6.45, 7) is 3.58. The Balaban J connectivity index is 2.45. The van der Waals surface area contributed by atoms with Crippen LogP contribution in [0.1, 0.15) is 43.6 Å². The number of halogens is 2. The van der Waals surface area contributed by atoms with Crippen LogP contribution in [-0.2, 0) is 16.6 Å². The fourth-order valence-electron chi connectivity index (χ4n) is 3.02. The normalized spacial score (nSPS) is 12.2. The second-order valence-electron chi connectivity index (χ2n) is 7.03. The van der Waals surface area contributed by atoms with Crippen LogP contribution < -0.4 is 5.32 Å². The van der Waals surface area contributed by atoms with Crippen molar-refractivity contribution in [2.24, 2.45) is 0 Å². The van der Waals surface area contributed by atoms with E-state index in [-0.39, 0.29) is 48.2 Å². The number of hydrogen-bond donors (Lipinski definition) is 1. The van der Waals surface area contributed by atoms with E-state index in [4.69, 9.17) is 10.5 Å². The van der Waals surface area contributed by atoms with Crippen LogP contribution in [0.15, 0.2) is 35.4 Å². The zero-order valence-electron chi connectivity index (χ0n) is 17.7. The van der Waals surface area contributed by atoms with Crippen molar-refractivity contribution in [3.8, 4) is 12.1 Å². The molecule has 8 nitrogen and oxygen atoms in total. The standard InChI is InChI=1S/C21H23F2N5O3S/c1-3-15(2)28(11-5-9-25)32(30,31)17-13-20(27(14-17)10-4-8-24)21(29)26-16-6-7-18(22)19(23)12-16/h6-7,12-15H,3-5,10-11H2,1-2H3,(H,26,29)/t15-/m1/s1. The van der Waals surface area contributed by atoms with Gasteiger partial charge in [-0.25, -0.2) is 17.2 Å². The van der Waals surface area contributed by atoms with Gasteiger partial charge < -0.3 is 9.88 Å². The molecule has 11 heteroatoms. The zero-order valence-corrected chi connectivity index (χ0v) is 18.5. The molecule has 2 aromatic rings. The molecule has 1 atom stereocenters. The lowest BCUT2D eigenvalue weighted by atomic mass is 10.2. The van der Waals surface area contributed by atoms with E-state index >= 15 is 0 Å². The van der Waals surface area contributed by atoms with Crippen LogP contribution in [0.5, 0.6) is 0 Å². The summed E-state index contributed by atoms with van der Waals surface area (Å²) in [6.07, 6.45) is 1.79. The van der Waals surface area contributed by atoms with Gasteiger partial charge in [0, 0.05) is 43.5 Å². The van der Waals surface area contributed by atoms with Crippen molar-refractivity contribution in [1.82, 2.24) is 8.87 Å². The highest BCUT2D eigenvalue weighted by molar-refractivity contribution is 7.89. The molecule has 0 fully saturated rings. The van der Waals surface area contributed by atoms with Gasteiger partial charge in [0.2, 0.25) is 10.0 Å². The van der Waals surface area contributed by atoms with Crippen LogP contribution in [0.25, 0.3) is 0 Å². The molecule has 0 radical (unpaired) electrons. The molecule has 1 heterocycles. The fraction of sp³-hybridized carbons (Fsp3) is 0.381. The van der Waals surface area contributed by atoms with Crippen molar-refractivity contribution in [3.63, 3.8) is 0 Å². The summed E-state index contributed by atoms with van der Waals surface area (Å²) < 4.78 is 55.6. The average Bonchev–Trinajstić information content (AvgIpc) is 3.20. The molecule has 0 aliphatic carbocycles. The average molecular weight is 464 g/mol. The van der Waals surface area contributed by atoms with Gasteiger partial charge in [-0.05, 0) is 31.5 Å². The smallest absolute Gasteiger partial charge is 0.272 e. The van der Waals surface area contributed by atoms with Gasteiger partial charge in [0.1, 0.15) is 10.6 Å². The fourth-order valence-corrected chi connectivity index (χ4v) is 4.76. The molecular formula is C21H23F2N5O3S. The Morgan fingerprint density at radius 1 is 1.19 bits per heavy atom. The highest BCUT2D eigenvalue weighted by Gasteiger charge is 2.30. The third-order valence-electron chi connectivity index (χ3n) is 4.88. The minimum Gasteiger partial charge on any atom is -0.341 e. The molecule has 0 aliphatic rings. The lowest BCUT2D eigenvalue weighted by molar-refractivity contribution is 0.101. The number of amides is 1. The van der Waals surface area contributed by atoms with E-state index in [0.717, 1.165) is 12.1 Å². The maximum Gasteiger partial charge on any atom is 0.272 e. The molecule has 1 amide bonds. The molecule has 0 saturated carbocycles. The SMILES string of the molecule is CC[C@@H](C)N(CCC#N)S(=O)(=O)c1cc(C(=O)Nc2ccc(F)c(F)c2)n(CCC#N)c1. The molecule has 0 unspecified atom stereocenters. The lowest BCUT2D eigenvalue weighted by Gasteiger charge is -2.26. The molecule has 0 aliphatic heterocycles. The number of aromatic nitrogens is 1. The molecular weight excluding hydrogens is 440 g/mol. The summed E-state index contributed by atoms with van der Waals surface area (Å²) in [5, 5.41) is 20.2. The minimum atomic E-state index is -4.04. The van der Waals surface area contributed by atoms with Gasteiger partial charge in [0.05, 0.1) is 18.6 Å². The van der Waals surface area contributed by atoms with E-state index in [2.05, 4.69) is 5.32 Å². The molecule has 0 saturated heterocycles. The van der Waals surface area contributed by atoms with Gasteiger partial charge >= 0.3 is 0 Å². The molecule has 1 aromatic carbocycles. The Bertz CT molecular complexity index is 1170. The minimum absolute atomic E-state index is 0.00217. The Morgan fingerprint density at radius 2 is 1.88 bits per heavy atom. The molecule has 1 N–H and O–H groups in total. The predicted octanol–water partition coefficient (Wildman–Crippen LogP) is 3.64.